The van der Waals surface area contributed by atoms with Crippen LogP contribution in [0.4, 0.5) is 0 Å². The molecule has 0 radical (unpaired) electrons. The summed E-state index contributed by atoms with van der Waals surface area (Å²) in [5.41, 5.74) is 1.13. The summed E-state index contributed by atoms with van der Waals surface area (Å²) in [7, 11) is -3.32. The third-order valence-electron chi connectivity index (χ3n) is 5.08. The van der Waals surface area contributed by atoms with Crippen molar-refractivity contribution in [1.82, 2.24) is 5.32 Å². The maximum atomic E-state index is 12.4. The molecule has 0 aromatic heterocycles. The second-order valence-corrected chi connectivity index (χ2v) is 9.85. The summed E-state index contributed by atoms with van der Waals surface area (Å²) in [6.45, 7) is 2.13. The van der Waals surface area contributed by atoms with Crippen molar-refractivity contribution in [3.05, 3.63) is 35.4 Å². The average Bonchev–Trinajstić information content (AvgIpc) is 2.59. The molecule has 0 bridgehead atoms. The van der Waals surface area contributed by atoms with Gasteiger partial charge in [-0.25, -0.2) is 4.79 Å². The van der Waals surface area contributed by atoms with Gasteiger partial charge in [0.15, 0.2) is 0 Å². The van der Waals surface area contributed by atoms with Crippen molar-refractivity contribution >= 4 is 32.2 Å². The van der Waals surface area contributed by atoms with E-state index < -0.39 is 19.4 Å². The van der Waals surface area contributed by atoms with E-state index in [1.54, 1.807) is 24.3 Å². The van der Waals surface area contributed by atoms with Crippen LogP contribution in [0.15, 0.2) is 24.3 Å². The number of hydrogen-bond donors (Lipinski definition) is 4. The van der Waals surface area contributed by atoms with Crippen molar-refractivity contribution in [3.8, 4) is 0 Å². The van der Waals surface area contributed by atoms with Crippen LogP contribution in [0.25, 0.3) is 0 Å². The molecule has 0 aliphatic heterocycles. The minimum absolute atomic E-state index is 0. The molecule has 1 saturated carbocycles. The molecule has 0 spiro atoms. The van der Waals surface area contributed by atoms with Gasteiger partial charge in [-0.15, -0.1) is 0 Å². The van der Waals surface area contributed by atoms with Crippen LogP contribution in [-0.2, 0) is 4.57 Å². The number of benzene rings is 1. The van der Waals surface area contributed by atoms with E-state index in [-0.39, 0.29) is 43.2 Å². The van der Waals surface area contributed by atoms with Gasteiger partial charge in [-0.1, -0.05) is 31.4 Å². The molecular weight excluding hydrogens is 360 g/mol. The Hall–Kier alpha value is -0.603. The number of carboxylic acids is 1. The molecule has 2 rings (SSSR count). The van der Waals surface area contributed by atoms with Gasteiger partial charge in [0.2, 0.25) is 7.37 Å². The van der Waals surface area contributed by atoms with Gasteiger partial charge < -0.3 is 20.4 Å². The Morgan fingerprint density at radius 3 is 2.37 bits per heavy atom. The summed E-state index contributed by atoms with van der Waals surface area (Å²) in [4.78, 5) is 21.1. The third-order valence-corrected chi connectivity index (χ3v) is 7.16. The van der Waals surface area contributed by atoms with E-state index in [9.17, 15) is 19.4 Å². The molecule has 0 amide bonds. The van der Waals surface area contributed by atoms with E-state index in [1.807, 2.05) is 6.92 Å². The molecule has 27 heavy (non-hydrogen) atoms. The van der Waals surface area contributed by atoms with E-state index in [4.69, 9.17) is 5.11 Å². The summed E-state index contributed by atoms with van der Waals surface area (Å²) in [5, 5.41) is 22.2. The number of hydrogen-bond acceptors (Lipinski definition) is 4. The Morgan fingerprint density at radius 1 is 1.22 bits per heavy atom. The molecule has 1 aliphatic rings. The molecule has 6 nitrogen and oxygen atoms in total. The van der Waals surface area contributed by atoms with E-state index in [0.717, 1.165) is 31.2 Å². The average molecular weight is 391 g/mol. The van der Waals surface area contributed by atoms with E-state index in [2.05, 4.69) is 5.32 Å². The summed E-state index contributed by atoms with van der Waals surface area (Å²) in [6.07, 6.45) is 4.86. The van der Waals surface area contributed by atoms with Crippen molar-refractivity contribution in [2.45, 2.75) is 51.2 Å². The topological polar surface area (TPSA) is 107 Å². The van der Waals surface area contributed by atoms with Crippen molar-refractivity contribution in [2.75, 3.05) is 18.9 Å². The summed E-state index contributed by atoms with van der Waals surface area (Å²) >= 11 is 0. The number of carboxylic acid groups (broad SMARTS) is 1. The fourth-order valence-corrected chi connectivity index (χ4v) is 5.70. The van der Waals surface area contributed by atoms with Gasteiger partial charge in [-0.3, -0.25) is 4.57 Å². The summed E-state index contributed by atoms with van der Waals surface area (Å²) in [6, 6.07) is 6.45. The zero-order chi connectivity index (χ0) is 19.2. The number of carbonyl (C=O) groups is 1. The molecule has 1 fully saturated rings. The predicted octanol–water partition coefficient (Wildman–Crippen LogP) is 2.60. The molecule has 1 aromatic carbocycles. The molecule has 4 N–H and O–H groups in total. The van der Waals surface area contributed by atoms with Crippen LogP contribution in [-0.4, -0.2) is 64.9 Å². The standard InChI is InChI=1S/C19H30NO5P.Li.H/c1-14(16-7-9-17(10-8-16)19(22)23)20-11-18(21)13-26(24,25)12-15-5-3-2-4-6-15;;/h7-10,14-15,18,20-21H,2-6,11-13H2,1H3,(H,22,23)(H,24,25);;/t14-,18+;;/m0../s1. The van der Waals surface area contributed by atoms with Crippen molar-refractivity contribution in [3.63, 3.8) is 0 Å². The first kappa shape index (κ1) is 24.4. The molecule has 1 aliphatic carbocycles. The van der Waals surface area contributed by atoms with Crippen LogP contribution >= 0.6 is 7.37 Å². The Morgan fingerprint density at radius 2 is 1.81 bits per heavy atom. The predicted molar refractivity (Wildman–Crippen MR) is 109 cm³/mol. The van der Waals surface area contributed by atoms with Crippen LogP contribution in [0.3, 0.4) is 0 Å². The Kier molecular flexibility index (Phi) is 10.3. The van der Waals surface area contributed by atoms with Crippen molar-refractivity contribution < 1.29 is 24.5 Å². The fourth-order valence-electron chi connectivity index (χ4n) is 3.59. The number of nitrogens with one attached hydrogen (secondary N) is 1. The molecule has 148 valence electrons. The fraction of sp³-hybridized carbons (Fsp3) is 0.632. The Labute approximate surface area is 173 Å². The molecule has 1 unspecified atom stereocenters. The van der Waals surface area contributed by atoms with Gasteiger partial charge >= 0.3 is 24.8 Å². The first-order valence-electron chi connectivity index (χ1n) is 9.32. The van der Waals surface area contributed by atoms with Crippen molar-refractivity contribution in [1.29, 1.82) is 0 Å². The Balaban J connectivity index is 0.00000364. The maximum absolute atomic E-state index is 12.4. The Bertz CT molecular complexity index is 633. The molecule has 8 heteroatoms. The third kappa shape index (κ3) is 8.52. The van der Waals surface area contributed by atoms with Gasteiger partial charge in [-0.05, 0) is 43.4 Å². The molecule has 1 aromatic rings. The second kappa shape index (κ2) is 11.4. The zero-order valence-electron chi connectivity index (χ0n) is 15.3. The molecule has 3 atom stereocenters. The normalized spacial score (nSPS) is 19.5. The minimum atomic E-state index is -3.32. The number of aliphatic hydroxyl groups is 1. The van der Waals surface area contributed by atoms with Gasteiger partial charge in [0.1, 0.15) is 0 Å². The zero-order valence-corrected chi connectivity index (χ0v) is 16.2. The van der Waals surface area contributed by atoms with Gasteiger partial charge in [0.05, 0.1) is 17.8 Å². The van der Waals surface area contributed by atoms with Crippen LogP contribution in [0.5, 0.6) is 0 Å². The first-order valence-corrected chi connectivity index (χ1v) is 11.4. The molecule has 0 saturated heterocycles. The van der Waals surface area contributed by atoms with Crippen LogP contribution in [0.2, 0.25) is 0 Å². The first-order chi connectivity index (χ1) is 12.3. The molecular formula is C19H31LiNO5P. The van der Waals surface area contributed by atoms with E-state index in [0.29, 0.717) is 12.1 Å². The molecule has 0 heterocycles. The number of rotatable bonds is 9. The van der Waals surface area contributed by atoms with Crippen molar-refractivity contribution in [2.24, 2.45) is 5.92 Å². The van der Waals surface area contributed by atoms with Gasteiger partial charge in [0, 0.05) is 18.7 Å². The van der Waals surface area contributed by atoms with Gasteiger partial charge in [-0.2, -0.15) is 0 Å². The summed E-state index contributed by atoms with van der Waals surface area (Å²) < 4.78 is 12.4. The van der Waals surface area contributed by atoms with Crippen LogP contribution in [0.1, 0.15) is 61.0 Å². The van der Waals surface area contributed by atoms with Crippen LogP contribution in [0, 0.1) is 5.92 Å². The number of aliphatic hydroxyl groups excluding tert-OH is 1. The monoisotopic (exact) mass is 391 g/mol. The number of aromatic carboxylic acids is 1. The van der Waals surface area contributed by atoms with E-state index in [1.165, 1.54) is 6.42 Å². The quantitative estimate of drug-likeness (QED) is 0.381. The van der Waals surface area contributed by atoms with Crippen LogP contribution < -0.4 is 5.32 Å². The summed E-state index contributed by atoms with van der Waals surface area (Å²) in [5.74, 6) is -0.657. The van der Waals surface area contributed by atoms with Gasteiger partial charge in [0.25, 0.3) is 0 Å². The SMILES string of the molecule is C[C@H](NC[C@@H](O)CP(=O)(O)CC1CCCCC1)c1ccc(C(=O)O)cc1.[LiH]. The second-order valence-electron chi connectivity index (χ2n) is 7.43. The van der Waals surface area contributed by atoms with E-state index >= 15 is 0 Å².